The zero-order valence-corrected chi connectivity index (χ0v) is 17.5. The fourth-order valence-electron chi connectivity index (χ4n) is 3.51. The van der Waals surface area contributed by atoms with E-state index in [4.69, 9.17) is 0 Å². The number of amides is 2. The molecule has 5 nitrogen and oxygen atoms in total. The van der Waals surface area contributed by atoms with Crippen molar-refractivity contribution in [2.24, 2.45) is 11.8 Å². The lowest BCUT2D eigenvalue weighted by atomic mass is 9.85. The summed E-state index contributed by atoms with van der Waals surface area (Å²) in [5.74, 6) is -1.26. The molecule has 1 heterocycles. The molecule has 0 radical (unpaired) electrons. The normalized spacial score (nSPS) is 17.8. The van der Waals surface area contributed by atoms with Crippen molar-refractivity contribution in [1.82, 2.24) is 10.2 Å². The van der Waals surface area contributed by atoms with E-state index in [-0.39, 0.29) is 37.3 Å². The molecule has 2 rings (SSSR count). The maximum atomic E-state index is 12.7. The highest BCUT2D eigenvalue weighted by molar-refractivity contribution is 5.91. The molecule has 2 amide bonds. The number of nitrogens with zero attached hydrogens (tertiary/aromatic N) is 1. The molecule has 9 heteroatoms. The number of carbonyl (C=O) groups excluding carboxylic acids is 2. The summed E-state index contributed by atoms with van der Waals surface area (Å²) in [5.41, 5.74) is 1.05. The first-order chi connectivity index (χ1) is 13.2. The zero-order valence-electron chi connectivity index (χ0n) is 16.7. The lowest BCUT2D eigenvalue weighted by molar-refractivity contribution is -0.185. The highest BCUT2D eigenvalue weighted by Gasteiger charge is 2.41. The van der Waals surface area contributed by atoms with Gasteiger partial charge >= 0.3 is 12.1 Å². The highest BCUT2D eigenvalue weighted by Crippen LogP contribution is 2.24. The molecule has 0 spiro atoms. The Bertz CT molecular complexity index is 679. The maximum absolute atomic E-state index is 12.7. The molecular formula is C20H29ClF3N3O2. The Hall–Kier alpha value is -1.80. The Kier molecular flexibility index (Phi) is 9.92. The van der Waals surface area contributed by atoms with E-state index in [0.29, 0.717) is 23.6 Å². The van der Waals surface area contributed by atoms with Crippen molar-refractivity contribution in [1.29, 1.82) is 0 Å². The van der Waals surface area contributed by atoms with Crippen molar-refractivity contribution >= 4 is 29.9 Å². The predicted molar refractivity (Wildman–Crippen MR) is 109 cm³/mol. The van der Waals surface area contributed by atoms with Gasteiger partial charge in [-0.2, -0.15) is 13.2 Å². The molecule has 0 aliphatic carbocycles. The standard InChI is InChI=1S/C20H28F3N3O2.ClH/c1-3-26(19(28)20(21,22)23)13-15-6-4-8-17(11-15)25-18(27)10-14(2)16-7-5-9-24-12-16;/h4,6,8,11,14,16,24H,3,5,7,9-10,12-13H2,1-2H3,(H,25,27);1H. The number of alkyl halides is 3. The van der Waals surface area contributed by atoms with Gasteiger partial charge in [0, 0.05) is 25.2 Å². The largest absolute Gasteiger partial charge is 0.471 e. The molecular weight excluding hydrogens is 407 g/mol. The molecule has 0 aromatic heterocycles. The average molecular weight is 436 g/mol. The van der Waals surface area contributed by atoms with Crippen LogP contribution in [0.3, 0.4) is 0 Å². The van der Waals surface area contributed by atoms with Crippen molar-refractivity contribution in [3.05, 3.63) is 29.8 Å². The molecule has 2 N–H and O–H groups in total. The Morgan fingerprint density at radius 1 is 1.34 bits per heavy atom. The van der Waals surface area contributed by atoms with Crippen molar-refractivity contribution in [3.63, 3.8) is 0 Å². The van der Waals surface area contributed by atoms with E-state index >= 15 is 0 Å². The van der Waals surface area contributed by atoms with Crippen molar-refractivity contribution in [2.45, 2.75) is 45.8 Å². The van der Waals surface area contributed by atoms with Crippen LogP contribution in [0.25, 0.3) is 0 Å². The SMILES string of the molecule is CCN(Cc1cccc(NC(=O)CC(C)C2CCCNC2)c1)C(=O)C(F)(F)F.Cl. The topological polar surface area (TPSA) is 61.4 Å². The van der Waals surface area contributed by atoms with Gasteiger partial charge in [0.15, 0.2) is 0 Å². The van der Waals surface area contributed by atoms with Gasteiger partial charge in [0.2, 0.25) is 5.91 Å². The van der Waals surface area contributed by atoms with Gasteiger partial charge in [-0.25, -0.2) is 0 Å². The van der Waals surface area contributed by atoms with Crippen LogP contribution in [0.15, 0.2) is 24.3 Å². The minimum atomic E-state index is -4.90. The third-order valence-corrected chi connectivity index (χ3v) is 5.14. The summed E-state index contributed by atoms with van der Waals surface area (Å²) < 4.78 is 38.0. The maximum Gasteiger partial charge on any atom is 0.471 e. The molecule has 2 unspecified atom stereocenters. The van der Waals surface area contributed by atoms with E-state index in [1.807, 2.05) is 0 Å². The van der Waals surface area contributed by atoms with Gasteiger partial charge in [0.05, 0.1) is 0 Å². The second-order valence-electron chi connectivity index (χ2n) is 7.35. The molecule has 0 saturated carbocycles. The van der Waals surface area contributed by atoms with Crippen LogP contribution in [0.5, 0.6) is 0 Å². The van der Waals surface area contributed by atoms with Crippen LogP contribution < -0.4 is 10.6 Å². The summed E-state index contributed by atoms with van der Waals surface area (Å²) in [6, 6.07) is 6.59. The van der Waals surface area contributed by atoms with E-state index in [0.717, 1.165) is 30.8 Å². The highest BCUT2D eigenvalue weighted by atomic mass is 35.5. The summed E-state index contributed by atoms with van der Waals surface area (Å²) in [5, 5.41) is 6.16. The third-order valence-electron chi connectivity index (χ3n) is 5.14. The molecule has 1 aliphatic heterocycles. The van der Waals surface area contributed by atoms with Crippen molar-refractivity contribution in [3.8, 4) is 0 Å². The second-order valence-corrected chi connectivity index (χ2v) is 7.35. The van der Waals surface area contributed by atoms with Crippen LogP contribution in [0.2, 0.25) is 0 Å². The van der Waals surface area contributed by atoms with E-state index in [2.05, 4.69) is 17.6 Å². The van der Waals surface area contributed by atoms with Crippen LogP contribution >= 0.6 is 12.4 Å². The smallest absolute Gasteiger partial charge is 0.331 e. The molecule has 1 aromatic rings. The number of carbonyl (C=O) groups is 2. The van der Waals surface area contributed by atoms with Crippen LogP contribution in [0.4, 0.5) is 18.9 Å². The fourth-order valence-corrected chi connectivity index (χ4v) is 3.51. The van der Waals surface area contributed by atoms with Gasteiger partial charge in [-0.05, 0) is 62.4 Å². The lowest BCUT2D eigenvalue weighted by Crippen LogP contribution is -2.40. The predicted octanol–water partition coefficient (Wildman–Crippen LogP) is 3.98. The Morgan fingerprint density at radius 2 is 2.07 bits per heavy atom. The summed E-state index contributed by atoms with van der Waals surface area (Å²) in [4.78, 5) is 24.5. The first-order valence-electron chi connectivity index (χ1n) is 9.66. The lowest BCUT2D eigenvalue weighted by Gasteiger charge is -2.28. The van der Waals surface area contributed by atoms with E-state index < -0.39 is 12.1 Å². The minimum Gasteiger partial charge on any atom is -0.331 e. The molecule has 164 valence electrons. The quantitative estimate of drug-likeness (QED) is 0.681. The Labute approximate surface area is 175 Å². The number of piperidine rings is 1. The van der Waals surface area contributed by atoms with E-state index in [1.165, 1.54) is 6.92 Å². The third kappa shape index (κ3) is 7.85. The summed E-state index contributed by atoms with van der Waals surface area (Å²) >= 11 is 0. The van der Waals surface area contributed by atoms with Gasteiger partial charge in [-0.15, -0.1) is 12.4 Å². The summed E-state index contributed by atoms with van der Waals surface area (Å²) in [6.45, 7) is 5.29. The number of nitrogens with one attached hydrogen (secondary N) is 2. The number of benzene rings is 1. The van der Waals surface area contributed by atoms with E-state index in [1.54, 1.807) is 24.3 Å². The van der Waals surface area contributed by atoms with Crippen molar-refractivity contribution in [2.75, 3.05) is 25.0 Å². The van der Waals surface area contributed by atoms with Crippen LogP contribution in [0.1, 0.15) is 38.7 Å². The molecule has 1 fully saturated rings. The van der Waals surface area contributed by atoms with E-state index in [9.17, 15) is 22.8 Å². The zero-order chi connectivity index (χ0) is 20.7. The van der Waals surface area contributed by atoms with Gasteiger partial charge in [0.1, 0.15) is 0 Å². The van der Waals surface area contributed by atoms with Crippen LogP contribution in [-0.2, 0) is 16.1 Å². The monoisotopic (exact) mass is 435 g/mol. The van der Waals surface area contributed by atoms with Crippen molar-refractivity contribution < 1.29 is 22.8 Å². The second kappa shape index (κ2) is 11.4. The fraction of sp³-hybridized carbons (Fsp3) is 0.600. The minimum absolute atomic E-state index is 0. The van der Waals surface area contributed by atoms with Gasteiger partial charge in [0.25, 0.3) is 0 Å². The average Bonchev–Trinajstić information content (AvgIpc) is 2.65. The molecule has 2 atom stereocenters. The molecule has 1 saturated heterocycles. The molecule has 29 heavy (non-hydrogen) atoms. The number of hydrogen-bond acceptors (Lipinski definition) is 3. The molecule has 0 bridgehead atoms. The number of rotatable bonds is 7. The number of anilines is 1. The van der Waals surface area contributed by atoms with Gasteiger partial charge < -0.3 is 15.5 Å². The van der Waals surface area contributed by atoms with Gasteiger partial charge in [-0.3, -0.25) is 9.59 Å². The Balaban J connectivity index is 0.00000420. The summed E-state index contributed by atoms with van der Waals surface area (Å²) in [7, 11) is 0. The summed E-state index contributed by atoms with van der Waals surface area (Å²) in [6.07, 6.45) is -2.28. The van der Waals surface area contributed by atoms with Gasteiger partial charge in [-0.1, -0.05) is 19.1 Å². The first-order valence-corrected chi connectivity index (χ1v) is 9.66. The Morgan fingerprint density at radius 3 is 2.66 bits per heavy atom. The van der Waals surface area contributed by atoms with Crippen LogP contribution in [0, 0.1) is 11.8 Å². The molecule has 1 aromatic carbocycles. The number of hydrogen-bond donors (Lipinski definition) is 2. The molecule has 1 aliphatic rings. The number of halogens is 4. The van der Waals surface area contributed by atoms with Crippen LogP contribution in [-0.4, -0.2) is 42.5 Å². The first kappa shape index (κ1) is 25.2.